The summed E-state index contributed by atoms with van der Waals surface area (Å²) < 4.78 is 41.5. The lowest BCUT2D eigenvalue weighted by atomic mass is 10.1. The van der Waals surface area contributed by atoms with Crippen LogP contribution in [0.3, 0.4) is 0 Å². The average molecular weight is 405 g/mol. The summed E-state index contributed by atoms with van der Waals surface area (Å²) in [5.41, 5.74) is 1.49. The number of nitrogens with zero attached hydrogens (tertiary/aromatic N) is 3. The van der Waals surface area contributed by atoms with Crippen LogP contribution in [0.4, 0.5) is 13.2 Å². The van der Waals surface area contributed by atoms with Crippen molar-refractivity contribution in [3.63, 3.8) is 0 Å². The zero-order chi connectivity index (χ0) is 20.2. The zero-order valence-corrected chi connectivity index (χ0v) is 15.8. The van der Waals surface area contributed by atoms with Crippen molar-refractivity contribution in [3.05, 3.63) is 34.6 Å². The predicted octanol–water partition coefficient (Wildman–Crippen LogP) is 3.84. The Kier molecular flexibility index (Phi) is 6.69. The fourth-order valence-electron chi connectivity index (χ4n) is 2.54. The molecule has 1 aromatic rings. The number of rotatable bonds is 6. The summed E-state index contributed by atoms with van der Waals surface area (Å²) in [6.45, 7) is 3.99. The number of aliphatic imine (C=N–C) groups is 1. The number of alkyl halides is 3. The van der Waals surface area contributed by atoms with E-state index in [1.807, 2.05) is 18.7 Å². The minimum absolute atomic E-state index is 0.0279. The molecule has 2 heterocycles. The fourth-order valence-corrected chi connectivity index (χ4v) is 2.77. The number of allylic oxidation sites excluding steroid dienone is 2. The van der Waals surface area contributed by atoms with Gasteiger partial charge < -0.3 is 15.0 Å². The Morgan fingerprint density at radius 1 is 1.48 bits per heavy atom. The normalized spacial score (nSPS) is 18.1. The lowest BCUT2D eigenvalue weighted by molar-refractivity contribution is -0.154. The molecular formula is C17H20ClF3N4O2. The number of pyridine rings is 1. The predicted molar refractivity (Wildman–Crippen MR) is 95.5 cm³/mol. The van der Waals surface area contributed by atoms with Gasteiger partial charge >= 0.3 is 6.18 Å². The van der Waals surface area contributed by atoms with Gasteiger partial charge in [0.05, 0.1) is 6.04 Å². The van der Waals surface area contributed by atoms with Gasteiger partial charge in [-0.3, -0.25) is 4.79 Å². The number of carbonyl (C=O) groups excluding carboxylic acids is 1. The molecule has 0 spiro atoms. The van der Waals surface area contributed by atoms with Crippen LogP contribution in [-0.2, 0) is 4.79 Å². The smallest absolute Gasteiger partial charge is 0.422 e. The van der Waals surface area contributed by atoms with Crippen LogP contribution in [0.1, 0.15) is 38.8 Å². The highest BCUT2D eigenvalue weighted by Crippen LogP contribution is 2.32. The van der Waals surface area contributed by atoms with Gasteiger partial charge in [-0.15, -0.1) is 0 Å². The van der Waals surface area contributed by atoms with Crippen LogP contribution >= 0.6 is 11.6 Å². The molecule has 10 heteroatoms. The van der Waals surface area contributed by atoms with Gasteiger partial charge in [0.2, 0.25) is 11.8 Å². The Hall–Kier alpha value is -2.29. The minimum atomic E-state index is -4.48. The molecule has 2 rings (SSSR count). The number of carbonyl (C=O) groups is 1. The van der Waals surface area contributed by atoms with E-state index < -0.39 is 19.1 Å². The Labute approximate surface area is 160 Å². The Bertz CT molecular complexity index is 752. The van der Waals surface area contributed by atoms with Crippen LogP contribution in [0.25, 0.3) is 0 Å². The van der Waals surface area contributed by atoms with Gasteiger partial charge in [-0.05, 0) is 31.6 Å². The van der Waals surface area contributed by atoms with E-state index in [1.54, 1.807) is 19.2 Å². The zero-order valence-electron chi connectivity index (χ0n) is 15.0. The van der Waals surface area contributed by atoms with E-state index in [1.165, 1.54) is 12.3 Å². The molecule has 0 saturated heterocycles. The van der Waals surface area contributed by atoms with E-state index in [-0.39, 0.29) is 22.9 Å². The quantitative estimate of drug-likeness (QED) is 0.782. The van der Waals surface area contributed by atoms with Crippen molar-refractivity contribution in [2.75, 3.05) is 6.61 Å². The summed E-state index contributed by atoms with van der Waals surface area (Å²) in [5, 5.41) is 2.78. The molecule has 6 nitrogen and oxygen atoms in total. The number of ether oxygens (including phenoxy) is 1. The topological polar surface area (TPSA) is 66.8 Å². The van der Waals surface area contributed by atoms with Gasteiger partial charge in [-0.25, -0.2) is 9.98 Å². The van der Waals surface area contributed by atoms with Crippen molar-refractivity contribution in [3.8, 4) is 5.88 Å². The first-order chi connectivity index (χ1) is 12.6. The maximum Gasteiger partial charge on any atom is 0.422 e. The lowest BCUT2D eigenvalue weighted by Crippen LogP contribution is -2.48. The molecule has 1 amide bonds. The molecule has 2 unspecified atom stereocenters. The summed E-state index contributed by atoms with van der Waals surface area (Å²) in [7, 11) is 0. The fraction of sp³-hybridized carbons (Fsp3) is 0.471. The summed E-state index contributed by atoms with van der Waals surface area (Å²) in [6, 6.07) is 1.19. The third kappa shape index (κ3) is 5.59. The molecule has 27 heavy (non-hydrogen) atoms. The standard InChI is InChI=1S/C17H20ClF3N4O2/c1-4-14(26)24-16-22-6-5-10(2)25(16)11(3)12-7-13(18)15(23-8-12)27-9-17(19,20)21/h5-8,11,16H,4,9H2,1-3H3,(H,24,26). The van der Waals surface area contributed by atoms with Gasteiger partial charge in [0, 0.05) is 24.5 Å². The maximum absolute atomic E-state index is 12.3. The number of hydrogen-bond donors (Lipinski definition) is 1. The second kappa shape index (κ2) is 8.60. The Morgan fingerprint density at radius 2 is 2.19 bits per heavy atom. The highest BCUT2D eigenvalue weighted by molar-refractivity contribution is 6.31. The highest BCUT2D eigenvalue weighted by Gasteiger charge is 2.30. The number of amides is 1. The monoisotopic (exact) mass is 404 g/mol. The first-order valence-electron chi connectivity index (χ1n) is 8.25. The molecule has 1 aliphatic heterocycles. The van der Waals surface area contributed by atoms with Crippen LogP contribution in [0.5, 0.6) is 5.88 Å². The van der Waals surface area contributed by atoms with Gasteiger partial charge in [0.1, 0.15) is 5.02 Å². The summed E-state index contributed by atoms with van der Waals surface area (Å²) in [6.07, 6.45) is 0.0363. The first kappa shape index (κ1) is 21.0. The number of nitrogens with one attached hydrogen (secondary N) is 1. The van der Waals surface area contributed by atoms with Crippen LogP contribution in [0, 0.1) is 0 Å². The Morgan fingerprint density at radius 3 is 2.78 bits per heavy atom. The molecule has 0 fully saturated rings. The molecule has 2 atom stereocenters. The largest absolute Gasteiger partial charge is 0.467 e. The summed E-state index contributed by atoms with van der Waals surface area (Å²) in [5.74, 6) is -0.444. The molecule has 0 aromatic carbocycles. The minimum Gasteiger partial charge on any atom is -0.467 e. The van der Waals surface area contributed by atoms with E-state index in [4.69, 9.17) is 11.6 Å². The van der Waals surface area contributed by atoms with E-state index in [0.29, 0.717) is 12.0 Å². The van der Waals surface area contributed by atoms with Crippen LogP contribution in [0.2, 0.25) is 5.02 Å². The lowest BCUT2D eigenvalue weighted by Gasteiger charge is -2.38. The van der Waals surface area contributed by atoms with Crippen LogP contribution in [-0.4, -0.2) is 41.1 Å². The van der Waals surface area contributed by atoms with Crippen molar-refractivity contribution in [2.45, 2.75) is 45.7 Å². The van der Waals surface area contributed by atoms with Crippen LogP contribution < -0.4 is 10.1 Å². The third-order valence-electron chi connectivity index (χ3n) is 3.93. The van der Waals surface area contributed by atoms with Crippen molar-refractivity contribution >= 4 is 23.7 Å². The van der Waals surface area contributed by atoms with Crippen molar-refractivity contribution < 1.29 is 22.7 Å². The van der Waals surface area contributed by atoms with Crippen molar-refractivity contribution in [2.24, 2.45) is 4.99 Å². The van der Waals surface area contributed by atoms with E-state index in [2.05, 4.69) is 20.0 Å². The number of aromatic nitrogens is 1. The van der Waals surface area contributed by atoms with E-state index in [0.717, 1.165) is 5.70 Å². The molecular weight excluding hydrogens is 385 g/mol. The Balaban J connectivity index is 2.20. The maximum atomic E-state index is 12.3. The first-order valence-corrected chi connectivity index (χ1v) is 8.63. The van der Waals surface area contributed by atoms with E-state index >= 15 is 0 Å². The molecule has 1 aliphatic rings. The van der Waals surface area contributed by atoms with Gasteiger partial charge in [-0.2, -0.15) is 13.2 Å². The third-order valence-corrected chi connectivity index (χ3v) is 4.20. The molecule has 0 aliphatic carbocycles. The molecule has 0 saturated carbocycles. The highest BCUT2D eigenvalue weighted by atomic mass is 35.5. The van der Waals surface area contributed by atoms with E-state index in [9.17, 15) is 18.0 Å². The molecule has 0 bridgehead atoms. The van der Waals surface area contributed by atoms with Crippen LogP contribution in [0.15, 0.2) is 29.0 Å². The molecule has 0 radical (unpaired) electrons. The SMILES string of the molecule is CCC(=O)NC1N=CC=C(C)N1C(C)c1cnc(OCC(F)(F)F)c(Cl)c1. The van der Waals surface area contributed by atoms with Crippen molar-refractivity contribution in [1.29, 1.82) is 0 Å². The van der Waals surface area contributed by atoms with Gasteiger partial charge in [0.15, 0.2) is 12.9 Å². The number of halogens is 4. The molecule has 1 N–H and O–H groups in total. The van der Waals surface area contributed by atoms with Gasteiger partial charge in [0.25, 0.3) is 0 Å². The average Bonchev–Trinajstić information content (AvgIpc) is 2.59. The molecule has 1 aromatic heterocycles. The summed E-state index contributed by atoms with van der Waals surface area (Å²) >= 11 is 6.03. The second-order valence-corrected chi connectivity index (χ2v) is 6.35. The number of hydrogen-bond acceptors (Lipinski definition) is 5. The summed E-state index contributed by atoms with van der Waals surface area (Å²) in [4.78, 5) is 21.8. The van der Waals surface area contributed by atoms with Gasteiger partial charge in [-0.1, -0.05) is 18.5 Å². The second-order valence-electron chi connectivity index (χ2n) is 5.94. The van der Waals surface area contributed by atoms with Crippen molar-refractivity contribution in [1.82, 2.24) is 15.2 Å². The molecule has 148 valence electrons.